The van der Waals surface area contributed by atoms with E-state index < -0.39 is 0 Å². The van der Waals surface area contributed by atoms with Crippen molar-refractivity contribution in [1.29, 1.82) is 0 Å². The molecule has 0 aromatic carbocycles. The molecule has 0 aliphatic heterocycles. The summed E-state index contributed by atoms with van der Waals surface area (Å²) in [6.45, 7) is 5.94. The number of halogens is 1. The third-order valence-corrected chi connectivity index (χ3v) is 2.87. The molecule has 0 unspecified atom stereocenters. The maximum atomic E-state index is 12.1. The van der Waals surface area contributed by atoms with Gasteiger partial charge in [0.1, 0.15) is 11.5 Å². The second-order valence-electron chi connectivity index (χ2n) is 4.70. The molecule has 20 heavy (non-hydrogen) atoms. The first-order valence-electron chi connectivity index (χ1n) is 6.20. The minimum atomic E-state index is -0.367. The molecule has 0 saturated heterocycles. The van der Waals surface area contributed by atoms with Gasteiger partial charge < -0.3 is 9.84 Å². The highest BCUT2D eigenvalue weighted by molar-refractivity contribution is 6.33. The van der Waals surface area contributed by atoms with Crippen LogP contribution in [0.3, 0.4) is 0 Å². The standard InChI is InChI=1S/C13H15ClN4O2/c1-7(2)12-15-6-10(14)11(17-12)13(19)16-5-9-4-8(3)18-20-9/h4,6-7H,5H2,1-3H3,(H,16,19). The van der Waals surface area contributed by atoms with Crippen LogP contribution in [0.4, 0.5) is 0 Å². The average molecular weight is 295 g/mol. The number of nitrogens with zero attached hydrogens (tertiary/aromatic N) is 3. The lowest BCUT2D eigenvalue weighted by Gasteiger charge is -2.08. The van der Waals surface area contributed by atoms with Gasteiger partial charge in [-0.15, -0.1) is 0 Å². The molecule has 0 aliphatic rings. The Labute approximate surface area is 121 Å². The smallest absolute Gasteiger partial charge is 0.271 e. The largest absolute Gasteiger partial charge is 0.359 e. The number of aryl methyl sites for hydroxylation is 1. The molecule has 2 heterocycles. The Hall–Kier alpha value is -1.95. The molecule has 1 amide bonds. The first kappa shape index (κ1) is 14.5. The van der Waals surface area contributed by atoms with Crippen molar-refractivity contribution >= 4 is 17.5 Å². The van der Waals surface area contributed by atoms with Gasteiger partial charge in [-0.3, -0.25) is 4.79 Å². The van der Waals surface area contributed by atoms with Gasteiger partial charge in [-0.25, -0.2) is 9.97 Å². The SMILES string of the molecule is Cc1cc(CNC(=O)c2nc(C(C)C)ncc2Cl)on1. The van der Waals surface area contributed by atoms with Crippen molar-refractivity contribution in [1.82, 2.24) is 20.4 Å². The Bertz CT molecular complexity index is 625. The molecule has 0 bridgehead atoms. The molecule has 106 valence electrons. The normalized spacial score (nSPS) is 10.8. The van der Waals surface area contributed by atoms with E-state index in [1.165, 1.54) is 6.20 Å². The van der Waals surface area contributed by atoms with Gasteiger partial charge in [-0.2, -0.15) is 0 Å². The number of amides is 1. The van der Waals surface area contributed by atoms with Crippen LogP contribution in [0.15, 0.2) is 16.8 Å². The van der Waals surface area contributed by atoms with Crippen LogP contribution in [0.5, 0.6) is 0 Å². The summed E-state index contributed by atoms with van der Waals surface area (Å²) in [6, 6.07) is 1.75. The van der Waals surface area contributed by atoms with Gasteiger partial charge in [0, 0.05) is 12.0 Å². The summed E-state index contributed by atoms with van der Waals surface area (Å²) in [7, 11) is 0. The summed E-state index contributed by atoms with van der Waals surface area (Å²) < 4.78 is 5.01. The van der Waals surface area contributed by atoms with Gasteiger partial charge in [0.2, 0.25) is 0 Å². The number of carbonyl (C=O) groups is 1. The van der Waals surface area contributed by atoms with Crippen LogP contribution in [0, 0.1) is 6.92 Å². The molecule has 2 aromatic rings. The summed E-state index contributed by atoms with van der Waals surface area (Å²) in [6.07, 6.45) is 1.44. The Morgan fingerprint density at radius 2 is 2.25 bits per heavy atom. The Morgan fingerprint density at radius 3 is 2.85 bits per heavy atom. The summed E-state index contributed by atoms with van der Waals surface area (Å²) in [5.41, 5.74) is 0.929. The van der Waals surface area contributed by atoms with Crippen LogP contribution in [0.1, 0.15) is 47.5 Å². The van der Waals surface area contributed by atoms with E-state index in [1.54, 1.807) is 6.07 Å². The van der Waals surface area contributed by atoms with Crippen LogP contribution in [-0.2, 0) is 6.54 Å². The van der Waals surface area contributed by atoms with Crippen LogP contribution in [-0.4, -0.2) is 21.0 Å². The van der Waals surface area contributed by atoms with Crippen molar-refractivity contribution in [2.75, 3.05) is 0 Å². The first-order valence-corrected chi connectivity index (χ1v) is 6.58. The van der Waals surface area contributed by atoms with Gasteiger partial charge >= 0.3 is 0 Å². The predicted molar refractivity (Wildman–Crippen MR) is 73.5 cm³/mol. The summed E-state index contributed by atoms with van der Waals surface area (Å²) in [4.78, 5) is 20.4. The molecule has 2 rings (SSSR count). The van der Waals surface area contributed by atoms with Crippen LogP contribution >= 0.6 is 11.6 Å². The third-order valence-electron chi connectivity index (χ3n) is 2.59. The van der Waals surface area contributed by atoms with E-state index in [4.69, 9.17) is 16.1 Å². The fourth-order valence-electron chi connectivity index (χ4n) is 1.57. The first-order chi connectivity index (χ1) is 9.47. The molecule has 0 radical (unpaired) electrons. The maximum Gasteiger partial charge on any atom is 0.271 e. The Balaban J connectivity index is 2.10. The molecule has 0 fully saturated rings. The fraction of sp³-hybridized carbons (Fsp3) is 0.385. The van der Waals surface area contributed by atoms with E-state index in [0.29, 0.717) is 11.6 Å². The van der Waals surface area contributed by atoms with Crippen molar-refractivity contribution in [2.24, 2.45) is 0 Å². The van der Waals surface area contributed by atoms with Gasteiger partial charge in [0.25, 0.3) is 5.91 Å². The molecule has 0 atom stereocenters. The van der Waals surface area contributed by atoms with Gasteiger partial charge in [-0.1, -0.05) is 30.6 Å². The minimum Gasteiger partial charge on any atom is -0.359 e. The second-order valence-corrected chi connectivity index (χ2v) is 5.10. The number of hydrogen-bond donors (Lipinski definition) is 1. The van der Waals surface area contributed by atoms with Gasteiger partial charge in [0.15, 0.2) is 5.76 Å². The zero-order valence-electron chi connectivity index (χ0n) is 11.5. The highest BCUT2D eigenvalue weighted by atomic mass is 35.5. The molecule has 0 aliphatic carbocycles. The average Bonchev–Trinajstić information content (AvgIpc) is 2.82. The van der Waals surface area contributed by atoms with Crippen LogP contribution in [0.25, 0.3) is 0 Å². The molecule has 7 heteroatoms. The number of hydrogen-bond acceptors (Lipinski definition) is 5. The zero-order chi connectivity index (χ0) is 14.7. The summed E-state index contributed by atoms with van der Waals surface area (Å²) >= 11 is 5.96. The molecule has 6 nitrogen and oxygen atoms in total. The number of aromatic nitrogens is 3. The van der Waals surface area contributed by atoms with Crippen molar-refractivity contribution in [2.45, 2.75) is 33.2 Å². The lowest BCUT2D eigenvalue weighted by Crippen LogP contribution is -2.24. The second kappa shape index (κ2) is 6.00. The number of carbonyl (C=O) groups excluding carboxylic acids is 1. The van der Waals surface area contributed by atoms with Gasteiger partial charge in [-0.05, 0) is 6.92 Å². The van der Waals surface area contributed by atoms with Crippen LogP contribution in [0.2, 0.25) is 5.02 Å². The van der Waals surface area contributed by atoms with Crippen molar-refractivity contribution in [3.63, 3.8) is 0 Å². The van der Waals surface area contributed by atoms with Crippen LogP contribution < -0.4 is 5.32 Å². The summed E-state index contributed by atoms with van der Waals surface area (Å²) in [5.74, 6) is 0.907. The van der Waals surface area contributed by atoms with E-state index in [1.807, 2.05) is 20.8 Å². The highest BCUT2D eigenvalue weighted by Gasteiger charge is 2.15. The quantitative estimate of drug-likeness (QED) is 0.937. The lowest BCUT2D eigenvalue weighted by atomic mass is 10.2. The zero-order valence-corrected chi connectivity index (χ0v) is 12.2. The maximum absolute atomic E-state index is 12.1. The number of rotatable bonds is 4. The highest BCUT2D eigenvalue weighted by Crippen LogP contribution is 2.16. The lowest BCUT2D eigenvalue weighted by molar-refractivity contribution is 0.0941. The van der Waals surface area contributed by atoms with E-state index in [2.05, 4.69) is 20.4 Å². The topological polar surface area (TPSA) is 80.9 Å². The minimum absolute atomic E-state index is 0.121. The molecule has 0 spiro atoms. The van der Waals surface area contributed by atoms with Crippen molar-refractivity contribution in [3.8, 4) is 0 Å². The van der Waals surface area contributed by atoms with E-state index in [9.17, 15) is 4.79 Å². The van der Waals surface area contributed by atoms with E-state index in [-0.39, 0.29) is 29.1 Å². The van der Waals surface area contributed by atoms with Crippen molar-refractivity contribution < 1.29 is 9.32 Å². The summed E-state index contributed by atoms with van der Waals surface area (Å²) in [5, 5.41) is 6.66. The predicted octanol–water partition coefficient (Wildman–Crippen LogP) is 2.48. The molecular weight excluding hydrogens is 280 g/mol. The van der Waals surface area contributed by atoms with Crippen molar-refractivity contribution in [3.05, 3.63) is 40.3 Å². The Morgan fingerprint density at radius 1 is 1.50 bits per heavy atom. The van der Waals surface area contributed by atoms with E-state index in [0.717, 1.165) is 5.69 Å². The molecule has 1 N–H and O–H groups in total. The third kappa shape index (κ3) is 3.33. The number of nitrogens with one attached hydrogen (secondary N) is 1. The monoisotopic (exact) mass is 294 g/mol. The molecular formula is C13H15ClN4O2. The van der Waals surface area contributed by atoms with E-state index >= 15 is 0 Å². The molecule has 0 saturated carbocycles. The Kier molecular flexibility index (Phi) is 4.34. The fourth-order valence-corrected chi connectivity index (χ4v) is 1.75. The molecule has 2 aromatic heterocycles. The van der Waals surface area contributed by atoms with Gasteiger partial charge in [0.05, 0.1) is 23.5 Å².